The maximum atomic E-state index is 12.9. The fourth-order valence-corrected chi connectivity index (χ4v) is 3.93. The van der Waals surface area contributed by atoms with Gasteiger partial charge in [0.2, 0.25) is 0 Å². The lowest BCUT2D eigenvalue weighted by Gasteiger charge is -2.10. The van der Waals surface area contributed by atoms with Gasteiger partial charge in [-0.25, -0.2) is 4.98 Å². The molecule has 0 atom stereocenters. The normalized spacial score (nSPS) is 11.0. The minimum atomic E-state index is -0.244. The quantitative estimate of drug-likeness (QED) is 0.382. The highest BCUT2D eigenvalue weighted by molar-refractivity contribution is 7.71. The van der Waals surface area contributed by atoms with E-state index < -0.39 is 0 Å². The minimum absolute atomic E-state index is 0.244. The van der Waals surface area contributed by atoms with Gasteiger partial charge in [-0.2, -0.15) is 0 Å². The number of amides is 1. The van der Waals surface area contributed by atoms with Crippen molar-refractivity contribution in [2.24, 2.45) is 7.05 Å². The smallest absolute Gasteiger partial charge is 0.274 e. The van der Waals surface area contributed by atoms with E-state index in [9.17, 15) is 4.79 Å². The molecule has 2 N–H and O–H groups in total. The third kappa shape index (κ3) is 3.45. The van der Waals surface area contributed by atoms with Crippen LogP contribution in [0.2, 0.25) is 0 Å². The van der Waals surface area contributed by atoms with E-state index in [1.54, 1.807) is 10.8 Å². The molecule has 0 aliphatic heterocycles. The number of benzene rings is 3. The average Bonchev–Trinajstić information content (AvgIpc) is 3.35. The van der Waals surface area contributed by atoms with Gasteiger partial charge in [0.1, 0.15) is 11.5 Å². The van der Waals surface area contributed by atoms with Crippen LogP contribution in [0.1, 0.15) is 10.5 Å². The first kappa shape index (κ1) is 19.0. The Morgan fingerprint density at radius 1 is 0.968 bits per heavy atom. The third-order valence-corrected chi connectivity index (χ3v) is 5.51. The molecule has 5 aromatic rings. The van der Waals surface area contributed by atoms with E-state index in [-0.39, 0.29) is 5.91 Å². The molecule has 1 amide bonds. The summed E-state index contributed by atoms with van der Waals surface area (Å²) >= 11 is 5.37. The van der Waals surface area contributed by atoms with Gasteiger partial charge in [0.25, 0.3) is 5.91 Å². The number of para-hydroxylation sites is 3. The Kier molecular flexibility index (Phi) is 4.72. The van der Waals surface area contributed by atoms with Gasteiger partial charge in [-0.05, 0) is 60.7 Å². The van der Waals surface area contributed by atoms with Gasteiger partial charge in [0, 0.05) is 30.2 Å². The van der Waals surface area contributed by atoms with Gasteiger partial charge in [-0.1, -0.05) is 30.3 Å². The summed E-state index contributed by atoms with van der Waals surface area (Å²) in [5, 5.41) is 2.95. The van der Waals surface area contributed by atoms with Gasteiger partial charge in [-0.15, -0.1) is 0 Å². The molecule has 2 aromatic heterocycles. The highest BCUT2D eigenvalue weighted by atomic mass is 32.1. The van der Waals surface area contributed by atoms with E-state index in [0.717, 1.165) is 28.1 Å². The van der Waals surface area contributed by atoms with Crippen molar-refractivity contribution in [1.29, 1.82) is 0 Å². The molecule has 3 aromatic carbocycles. The Labute approximate surface area is 183 Å². The fraction of sp³-hybridized carbons (Fsp3) is 0.0417. The van der Waals surface area contributed by atoms with Crippen LogP contribution in [-0.4, -0.2) is 25.0 Å². The van der Waals surface area contributed by atoms with E-state index >= 15 is 0 Å². The zero-order chi connectivity index (χ0) is 21.4. The molecule has 0 radical (unpaired) electrons. The Balaban J connectivity index is 1.41. The first-order valence-electron chi connectivity index (χ1n) is 9.81. The molecule has 0 aliphatic rings. The van der Waals surface area contributed by atoms with Crippen molar-refractivity contribution in [2.45, 2.75) is 0 Å². The predicted octanol–water partition coefficient (Wildman–Crippen LogP) is 5.34. The molecule has 2 heterocycles. The lowest BCUT2D eigenvalue weighted by molar-refractivity contribution is 0.102. The van der Waals surface area contributed by atoms with Gasteiger partial charge in [0.15, 0.2) is 4.77 Å². The first-order valence-corrected chi connectivity index (χ1v) is 10.2. The van der Waals surface area contributed by atoms with Crippen LogP contribution < -0.4 is 5.32 Å². The van der Waals surface area contributed by atoms with Crippen LogP contribution in [0.25, 0.3) is 28.1 Å². The SMILES string of the molecule is Cn1c(-c2ccc(NC(=O)c3c[nH]c(=S)n3-c3ccccc3)cc2)nc2ccccc21. The van der Waals surface area contributed by atoms with E-state index in [1.807, 2.05) is 85.9 Å². The summed E-state index contributed by atoms with van der Waals surface area (Å²) in [4.78, 5) is 20.6. The second-order valence-electron chi connectivity index (χ2n) is 7.16. The zero-order valence-electron chi connectivity index (χ0n) is 16.7. The number of hydrogen-bond donors (Lipinski definition) is 2. The number of hydrogen-bond acceptors (Lipinski definition) is 3. The molecule has 0 fully saturated rings. The Hall–Kier alpha value is -3.97. The van der Waals surface area contributed by atoms with Gasteiger partial charge < -0.3 is 14.9 Å². The second-order valence-corrected chi connectivity index (χ2v) is 7.55. The van der Waals surface area contributed by atoms with E-state index in [1.165, 1.54) is 0 Å². The molecule has 6 nitrogen and oxygen atoms in total. The van der Waals surface area contributed by atoms with Crippen molar-refractivity contribution in [3.63, 3.8) is 0 Å². The number of nitrogens with one attached hydrogen (secondary N) is 2. The molecule has 0 aliphatic carbocycles. The van der Waals surface area contributed by atoms with Crippen LogP contribution in [0, 0.1) is 4.77 Å². The molecule has 0 saturated carbocycles. The predicted molar refractivity (Wildman–Crippen MR) is 125 cm³/mol. The lowest BCUT2D eigenvalue weighted by Crippen LogP contribution is -2.16. The van der Waals surface area contributed by atoms with Gasteiger partial charge >= 0.3 is 0 Å². The minimum Gasteiger partial charge on any atom is -0.336 e. The monoisotopic (exact) mass is 425 g/mol. The molecule has 7 heteroatoms. The molecule has 0 saturated heterocycles. The van der Waals surface area contributed by atoms with Crippen LogP contribution >= 0.6 is 12.2 Å². The summed E-state index contributed by atoms with van der Waals surface area (Å²) in [5.74, 6) is 0.633. The number of fused-ring (bicyclic) bond motifs is 1. The third-order valence-electron chi connectivity index (χ3n) is 5.21. The number of aryl methyl sites for hydroxylation is 1. The Morgan fingerprint density at radius 2 is 1.68 bits per heavy atom. The van der Waals surface area contributed by atoms with Crippen LogP contribution in [0.5, 0.6) is 0 Å². The summed E-state index contributed by atoms with van der Waals surface area (Å²) in [5.41, 5.74) is 4.97. The maximum Gasteiger partial charge on any atom is 0.274 e. The number of H-pyrrole nitrogens is 1. The molecule has 0 spiro atoms. The van der Waals surface area contributed by atoms with E-state index in [4.69, 9.17) is 17.2 Å². The van der Waals surface area contributed by atoms with Crippen molar-refractivity contribution in [3.05, 3.63) is 95.5 Å². The standard InChI is InChI=1S/C24H19N5OS/c1-28-20-10-6-5-9-19(20)27-22(28)16-11-13-17(14-12-16)26-23(30)21-15-25-24(31)29(21)18-7-3-2-4-8-18/h2-15H,1H3,(H,25,31)(H,26,30). The fourth-order valence-electron chi connectivity index (χ4n) is 3.67. The van der Waals surface area contributed by atoms with Crippen molar-refractivity contribution in [2.75, 3.05) is 5.32 Å². The number of anilines is 1. The van der Waals surface area contributed by atoms with Crippen molar-refractivity contribution < 1.29 is 4.79 Å². The molecular formula is C24H19N5OS. The summed E-state index contributed by atoms with van der Waals surface area (Å²) in [7, 11) is 2.00. The summed E-state index contributed by atoms with van der Waals surface area (Å²) < 4.78 is 4.25. The molecule has 152 valence electrons. The average molecular weight is 426 g/mol. The largest absolute Gasteiger partial charge is 0.336 e. The van der Waals surface area contributed by atoms with Crippen molar-refractivity contribution in [1.82, 2.24) is 19.1 Å². The lowest BCUT2D eigenvalue weighted by atomic mass is 10.2. The first-order chi connectivity index (χ1) is 15.1. The zero-order valence-corrected chi connectivity index (χ0v) is 17.6. The van der Waals surface area contributed by atoms with Crippen LogP contribution in [0.4, 0.5) is 5.69 Å². The number of nitrogens with zero attached hydrogens (tertiary/aromatic N) is 3. The van der Waals surface area contributed by atoms with Crippen LogP contribution in [-0.2, 0) is 7.05 Å². The van der Waals surface area contributed by atoms with Gasteiger partial charge in [0.05, 0.1) is 11.0 Å². The highest BCUT2D eigenvalue weighted by Crippen LogP contribution is 2.25. The molecular weight excluding hydrogens is 406 g/mol. The second kappa shape index (κ2) is 7.70. The Bertz CT molecular complexity index is 1450. The number of aromatic amines is 1. The number of carbonyl (C=O) groups is 1. The van der Waals surface area contributed by atoms with Crippen LogP contribution in [0.15, 0.2) is 85.1 Å². The summed E-state index contributed by atoms with van der Waals surface area (Å²) in [6.45, 7) is 0. The number of aromatic nitrogens is 4. The summed E-state index contributed by atoms with van der Waals surface area (Å²) in [6.07, 6.45) is 1.62. The van der Waals surface area contributed by atoms with Crippen molar-refractivity contribution in [3.8, 4) is 17.1 Å². The van der Waals surface area contributed by atoms with E-state index in [0.29, 0.717) is 16.2 Å². The molecule has 31 heavy (non-hydrogen) atoms. The molecule has 0 unspecified atom stereocenters. The Morgan fingerprint density at radius 3 is 2.42 bits per heavy atom. The van der Waals surface area contributed by atoms with E-state index in [2.05, 4.69) is 14.9 Å². The number of carbonyl (C=O) groups excluding carboxylic acids is 1. The topological polar surface area (TPSA) is 67.6 Å². The summed E-state index contributed by atoms with van der Waals surface area (Å²) in [6, 6.07) is 25.3. The highest BCUT2D eigenvalue weighted by Gasteiger charge is 2.15. The van der Waals surface area contributed by atoms with Crippen molar-refractivity contribution >= 4 is 34.8 Å². The maximum absolute atomic E-state index is 12.9. The molecule has 0 bridgehead atoms. The molecule has 5 rings (SSSR count). The number of imidazole rings is 2. The number of rotatable bonds is 4. The van der Waals surface area contributed by atoms with Crippen LogP contribution in [0.3, 0.4) is 0 Å². The van der Waals surface area contributed by atoms with Gasteiger partial charge in [-0.3, -0.25) is 9.36 Å².